The van der Waals surface area contributed by atoms with E-state index in [4.69, 9.17) is 15.0 Å². The molecule has 0 fully saturated rings. The molecule has 0 radical (unpaired) electrons. The maximum absolute atomic E-state index is 5.47. The fourth-order valence-corrected chi connectivity index (χ4v) is 9.98. The number of fused-ring (bicyclic) bond motifs is 10. The summed E-state index contributed by atoms with van der Waals surface area (Å²) in [5, 5.41) is 12.0. The van der Waals surface area contributed by atoms with Gasteiger partial charge in [0.15, 0.2) is 17.5 Å². The maximum atomic E-state index is 5.47. The topological polar surface area (TPSA) is 43.6 Å². The first-order valence-corrected chi connectivity index (χ1v) is 21.1. The minimum atomic E-state index is 0.657. The van der Waals surface area contributed by atoms with Crippen LogP contribution in [0.2, 0.25) is 0 Å². The minimum Gasteiger partial charge on any atom is -0.309 e. The second-order valence-electron chi connectivity index (χ2n) is 16.3. The van der Waals surface area contributed by atoms with Crippen LogP contribution in [-0.2, 0) is 12.8 Å². The molecule has 284 valence electrons. The first-order valence-electron chi connectivity index (χ1n) is 21.1. The van der Waals surface area contributed by atoms with Crippen molar-refractivity contribution in [1.29, 1.82) is 0 Å². The SMILES string of the molecule is c1ccc(-c2nc(-c3cccc4ccccc34)nc(-c3c4c(cc5ccccc35)CCc3ccc(-n5c6cc7ccccc7cc6c6cc7ccccc7cc65)cc3-4)n2)cc1. The number of benzene rings is 10. The standard InChI is InChI=1S/C57H36N4/c1-2-14-37(15-3-1)55-58-56(47-24-12-21-35-13-8-10-22-45(35)47)60-57(59-55)54-46-23-11-9-20-42(46)29-43-26-25-36-27-28-44(34-48(36)53(43)54)61-51-32-40-18-6-4-16-38(40)30-49(51)50-31-39-17-5-7-19-41(39)33-52(50)61/h1-24,27-34H,25-26H2. The Hall–Kier alpha value is -7.95. The molecule has 1 aliphatic carbocycles. The molecule has 12 aromatic rings. The van der Waals surface area contributed by atoms with Crippen molar-refractivity contribution in [1.82, 2.24) is 19.5 Å². The van der Waals surface area contributed by atoms with Gasteiger partial charge in [-0.1, -0.05) is 158 Å². The van der Waals surface area contributed by atoms with E-state index in [-0.39, 0.29) is 0 Å². The molecule has 0 atom stereocenters. The summed E-state index contributed by atoms with van der Waals surface area (Å²) < 4.78 is 2.48. The highest BCUT2D eigenvalue weighted by molar-refractivity contribution is 6.17. The van der Waals surface area contributed by atoms with Crippen molar-refractivity contribution >= 4 is 64.9 Å². The van der Waals surface area contributed by atoms with Gasteiger partial charge in [0.05, 0.1) is 11.0 Å². The predicted octanol–water partition coefficient (Wildman–Crippen LogP) is 14.3. The van der Waals surface area contributed by atoms with Crippen LogP contribution in [0.4, 0.5) is 0 Å². The highest BCUT2D eigenvalue weighted by Crippen LogP contribution is 2.46. The summed E-state index contributed by atoms with van der Waals surface area (Å²) in [6, 6.07) is 70.3. The highest BCUT2D eigenvalue weighted by atomic mass is 15.0. The van der Waals surface area contributed by atoms with E-state index in [2.05, 4.69) is 180 Å². The van der Waals surface area contributed by atoms with Crippen molar-refractivity contribution in [3.8, 4) is 51.0 Å². The van der Waals surface area contributed by atoms with Crippen LogP contribution in [0.15, 0.2) is 194 Å². The Kier molecular flexibility index (Phi) is 7.40. The predicted molar refractivity (Wildman–Crippen MR) is 253 cm³/mol. The van der Waals surface area contributed by atoms with Crippen LogP contribution in [0.1, 0.15) is 11.1 Å². The Morgan fingerprint density at radius 2 is 0.885 bits per heavy atom. The lowest BCUT2D eigenvalue weighted by atomic mass is 9.80. The molecule has 0 N–H and O–H groups in total. The third-order valence-electron chi connectivity index (χ3n) is 12.8. The molecular formula is C57H36N4. The van der Waals surface area contributed by atoms with Crippen molar-refractivity contribution in [3.63, 3.8) is 0 Å². The fraction of sp³-hybridized carbons (Fsp3) is 0.0351. The monoisotopic (exact) mass is 776 g/mol. The lowest BCUT2D eigenvalue weighted by molar-refractivity contribution is 0.941. The van der Waals surface area contributed by atoms with E-state index < -0.39 is 0 Å². The number of hydrogen-bond acceptors (Lipinski definition) is 3. The largest absolute Gasteiger partial charge is 0.309 e. The third kappa shape index (κ3) is 5.35. The number of hydrogen-bond donors (Lipinski definition) is 0. The highest BCUT2D eigenvalue weighted by Gasteiger charge is 2.27. The van der Waals surface area contributed by atoms with Gasteiger partial charge >= 0.3 is 0 Å². The quantitative estimate of drug-likeness (QED) is 0.179. The van der Waals surface area contributed by atoms with Crippen molar-refractivity contribution in [2.24, 2.45) is 0 Å². The summed E-state index contributed by atoms with van der Waals surface area (Å²) in [5.41, 5.74) is 11.6. The molecule has 13 rings (SSSR count). The summed E-state index contributed by atoms with van der Waals surface area (Å²) in [6.07, 6.45) is 1.89. The second kappa shape index (κ2) is 13.3. The lowest BCUT2D eigenvalue weighted by Gasteiger charge is -2.25. The maximum Gasteiger partial charge on any atom is 0.165 e. The van der Waals surface area contributed by atoms with Crippen LogP contribution in [0.5, 0.6) is 0 Å². The first-order chi connectivity index (χ1) is 30.2. The van der Waals surface area contributed by atoms with Gasteiger partial charge in [0.25, 0.3) is 0 Å². The molecule has 0 amide bonds. The van der Waals surface area contributed by atoms with Crippen LogP contribution in [-0.4, -0.2) is 19.5 Å². The van der Waals surface area contributed by atoms with E-state index in [9.17, 15) is 0 Å². The van der Waals surface area contributed by atoms with Gasteiger partial charge in [-0.15, -0.1) is 0 Å². The van der Waals surface area contributed by atoms with E-state index >= 15 is 0 Å². The van der Waals surface area contributed by atoms with Gasteiger partial charge in [-0.05, 0) is 115 Å². The number of aryl methyl sites for hydroxylation is 2. The number of aromatic nitrogens is 4. The lowest BCUT2D eigenvalue weighted by Crippen LogP contribution is -2.09. The van der Waals surface area contributed by atoms with Gasteiger partial charge in [-0.2, -0.15) is 0 Å². The van der Waals surface area contributed by atoms with Crippen LogP contribution >= 0.6 is 0 Å². The van der Waals surface area contributed by atoms with Gasteiger partial charge in [0.2, 0.25) is 0 Å². The Bertz CT molecular complexity index is 3670. The summed E-state index contributed by atoms with van der Waals surface area (Å²) in [7, 11) is 0. The van der Waals surface area contributed by atoms with E-state index in [1.54, 1.807) is 0 Å². The molecular weight excluding hydrogens is 741 g/mol. The van der Waals surface area contributed by atoms with E-state index in [1.807, 2.05) is 18.2 Å². The normalized spacial score (nSPS) is 12.5. The zero-order valence-corrected chi connectivity index (χ0v) is 33.2. The zero-order valence-electron chi connectivity index (χ0n) is 33.2. The minimum absolute atomic E-state index is 0.657. The molecule has 0 saturated heterocycles. The van der Waals surface area contributed by atoms with Gasteiger partial charge in [0, 0.05) is 33.2 Å². The zero-order chi connectivity index (χ0) is 40.0. The van der Waals surface area contributed by atoms with Crippen molar-refractivity contribution in [2.45, 2.75) is 12.8 Å². The Labute approximate surface area is 352 Å². The van der Waals surface area contributed by atoms with E-state index in [0.717, 1.165) is 51.4 Å². The summed E-state index contributed by atoms with van der Waals surface area (Å²) in [4.78, 5) is 16.1. The van der Waals surface area contributed by atoms with Crippen molar-refractivity contribution < 1.29 is 0 Å². The van der Waals surface area contributed by atoms with Crippen LogP contribution in [0, 0.1) is 0 Å². The molecule has 0 unspecified atom stereocenters. The van der Waals surface area contributed by atoms with E-state index in [0.29, 0.717) is 17.5 Å². The Morgan fingerprint density at radius 3 is 1.61 bits per heavy atom. The van der Waals surface area contributed by atoms with Gasteiger partial charge < -0.3 is 4.57 Å². The average molecular weight is 777 g/mol. The molecule has 0 saturated carbocycles. The smallest absolute Gasteiger partial charge is 0.165 e. The third-order valence-corrected chi connectivity index (χ3v) is 12.8. The molecule has 0 bridgehead atoms. The van der Waals surface area contributed by atoms with Crippen molar-refractivity contribution in [2.75, 3.05) is 0 Å². The number of rotatable bonds is 4. The van der Waals surface area contributed by atoms with Crippen molar-refractivity contribution in [3.05, 3.63) is 205 Å². The first kappa shape index (κ1) is 34.0. The molecule has 10 aromatic carbocycles. The fourth-order valence-electron chi connectivity index (χ4n) is 9.98. The molecule has 0 spiro atoms. The van der Waals surface area contributed by atoms with Crippen LogP contribution in [0.3, 0.4) is 0 Å². The summed E-state index contributed by atoms with van der Waals surface area (Å²) >= 11 is 0. The van der Waals surface area contributed by atoms with Gasteiger partial charge in [-0.3, -0.25) is 0 Å². The summed E-state index contributed by atoms with van der Waals surface area (Å²) in [5.74, 6) is 2.00. The Balaban J connectivity index is 1.10. The molecule has 1 aliphatic rings. The molecule has 61 heavy (non-hydrogen) atoms. The molecule has 0 aliphatic heterocycles. The summed E-state index contributed by atoms with van der Waals surface area (Å²) in [6.45, 7) is 0. The van der Waals surface area contributed by atoms with Gasteiger partial charge in [0.1, 0.15) is 0 Å². The number of nitrogens with zero attached hydrogens (tertiary/aromatic N) is 4. The average Bonchev–Trinajstić information content (AvgIpc) is 3.62. The second-order valence-corrected chi connectivity index (χ2v) is 16.3. The van der Waals surface area contributed by atoms with E-state index in [1.165, 1.54) is 71.0 Å². The molecule has 4 nitrogen and oxygen atoms in total. The Morgan fingerprint density at radius 1 is 0.328 bits per heavy atom. The van der Waals surface area contributed by atoms with Crippen LogP contribution in [0.25, 0.3) is 116 Å². The molecule has 2 aromatic heterocycles. The molecule has 4 heteroatoms. The van der Waals surface area contributed by atoms with Gasteiger partial charge in [-0.25, -0.2) is 15.0 Å². The van der Waals surface area contributed by atoms with Crippen LogP contribution < -0.4 is 0 Å². The molecule has 2 heterocycles.